The lowest BCUT2D eigenvalue weighted by molar-refractivity contribution is -0.117. The number of aryl methyl sites for hydroxylation is 1. The van der Waals surface area contributed by atoms with Crippen molar-refractivity contribution < 1.29 is 9.59 Å². The third kappa shape index (κ3) is 2.82. The van der Waals surface area contributed by atoms with Gasteiger partial charge in [-0.3, -0.25) is 4.79 Å². The number of nitrogens with zero attached hydrogens (tertiary/aromatic N) is 1. The van der Waals surface area contributed by atoms with E-state index in [4.69, 9.17) is 0 Å². The van der Waals surface area contributed by atoms with Gasteiger partial charge in [0.05, 0.1) is 5.52 Å². The Labute approximate surface area is 135 Å². The normalized spacial score (nSPS) is 10.9. The number of carbonyl (C=O) groups is 2. The molecule has 23 heavy (non-hydrogen) atoms. The molecule has 0 radical (unpaired) electrons. The molecule has 0 aliphatic rings. The largest absolute Gasteiger partial charge is 0.319 e. The van der Waals surface area contributed by atoms with Gasteiger partial charge in [-0.2, -0.15) is 0 Å². The van der Waals surface area contributed by atoms with E-state index < -0.39 is 0 Å². The zero-order valence-corrected chi connectivity index (χ0v) is 13.4. The topological polar surface area (TPSA) is 38.5 Å². The van der Waals surface area contributed by atoms with Gasteiger partial charge in [-0.15, -0.1) is 0 Å². The fourth-order valence-electron chi connectivity index (χ4n) is 3.09. The van der Waals surface area contributed by atoms with Gasteiger partial charge in [0.2, 0.25) is 0 Å². The summed E-state index contributed by atoms with van der Waals surface area (Å²) in [5.74, 6) is 0.165. The first-order valence-electron chi connectivity index (χ1n) is 7.77. The average molecular weight is 305 g/mol. The number of aromatic nitrogens is 1. The molecule has 3 nitrogen and oxygen atoms in total. The summed E-state index contributed by atoms with van der Waals surface area (Å²) in [6, 6.07) is 15.9. The number of Topliss-reactive ketones (excluding diaryl/α,β-unsaturated/α-hetero) is 2. The average Bonchev–Trinajstić information content (AvgIpc) is 2.88. The predicted octanol–water partition coefficient (Wildman–Crippen LogP) is 4.33. The van der Waals surface area contributed by atoms with Gasteiger partial charge in [0.1, 0.15) is 5.78 Å². The van der Waals surface area contributed by atoms with Crippen LogP contribution in [0.4, 0.5) is 0 Å². The molecule has 2 heterocycles. The molecule has 0 unspecified atom stereocenters. The Kier molecular flexibility index (Phi) is 4.11. The van der Waals surface area contributed by atoms with E-state index in [1.807, 2.05) is 59.1 Å². The first-order valence-corrected chi connectivity index (χ1v) is 7.77. The predicted molar refractivity (Wildman–Crippen MR) is 91.8 cm³/mol. The van der Waals surface area contributed by atoms with Crippen LogP contribution in [-0.4, -0.2) is 16.0 Å². The highest BCUT2D eigenvalue weighted by molar-refractivity contribution is 6.07. The lowest BCUT2D eigenvalue weighted by Crippen LogP contribution is -2.03. The van der Waals surface area contributed by atoms with Crippen molar-refractivity contribution in [2.45, 2.75) is 26.7 Å². The molecule has 0 bridgehead atoms. The molecule has 0 saturated heterocycles. The number of benzene rings is 1. The zero-order valence-electron chi connectivity index (χ0n) is 13.4. The van der Waals surface area contributed by atoms with Gasteiger partial charge in [-0.25, -0.2) is 0 Å². The van der Waals surface area contributed by atoms with E-state index in [-0.39, 0.29) is 11.6 Å². The molecule has 0 atom stereocenters. The molecule has 1 aromatic carbocycles. The lowest BCUT2D eigenvalue weighted by atomic mass is 9.97. The maximum atomic E-state index is 12.4. The van der Waals surface area contributed by atoms with Crippen molar-refractivity contribution in [3.05, 3.63) is 66.0 Å². The van der Waals surface area contributed by atoms with Crippen LogP contribution < -0.4 is 0 Å². The summed E-state index contributed by atoms with van der Waals surface area (Å²) in [6.45, 7) is 3.18. The minimum Gasteiger partial charge on any atom is -0.319 e. The van der Waals surface area contributed by atoms with E-state index in [0.717, 1.165) is 27.9 Å². The van der Waals surface area contributed by atoms with Gasteiger partial charge in [-0.1, -0.05) is 36.4 Å². The van der Waals surface area contributed by atoms with E-state index in [2.05, 4.69) is 0 Å². The fourth-order valence-corrected chi connectivity index (χ4v) is 3.09. The molecule has 3 aromatic rings. The molecule has 3 heteroatoms. The molecule has 0 amide bonds. The first-order chi connectivity index (χ1) is 11.1. The Morgan fingerprint density at radius 3 is 2.30 bits per heavy atom. The second-order valence-electron chi connectivity index (χ2n) is 5.78. The number of rotatable bonds is 5. The van der Waals surface area contributed by atoms with Gasteiger partial charge < -0.3 is 9.20 Å². The highest BCUT2D eigenvalue weighted by Gasteiger charge is 2.22. The third-order valence-electron chi connectivity index (χ3n) is 4.07. The van der Waals surface area contributed by atoms with Gasteiger partial charge in [-0.05, 0) is 38.0 Å². The zero-order chi connectivity index (χ0) is 16.4. The molecule has 0 aliphatic carbocycles. The van der Waals surface area contributed by atoms with Crippen molar-refractivity contribution >= 4 is 17.1 Å². The summed E-state index contributed by atoms with van der Waals surface area (Å²) in [4.78, 5) is 23.8. The SMILES string of the molecule is CC(=O)CCc1c(C(C)=O)c(-c2ccccc2)c2ccccn12. The highest BCUT2D eigenvalue weighted by Crippen LogP contribution is 2.34. The molecular weight excluding hydrogens is 286 g/mol. The van der Waals surface area contributed by atoms with Gasteiger partial charge in [0, 0.05) is 29.4 Å². The van der Waals surface area contributed by atoms with Crippen molar-refractivity contribution in [3.63, 3.8) is 0 Å². The summed E-state index contributed by atoms with van der Waals surface area (Å²) < 4.78 is 2.04. The Morgan fingerprint density at radius 2 is 1.65 bits per heavy atom. The van der Waals surface area contributed by atoms with E-state index in [1.54, 1.807) is 13.8 Å². The van der Waals surface area contributed by atoms with Crippen LogP contribution in [0.1, 0.15) is 36.3 Å². The second kappa shape index (κ2) is 6.21. The maximum absolute atomic E-state index is 12.4. The Morgan fingerprint density at radius 1 is 0.957 bits per heavy atom. The summed E-state index contributed by atoms with van der Waals surface area (Å²) in [5.41, 5.74) is 4.63. The number of carbonyl (C=O) groups excluding carboxylic acids is 2. The molecule has 0 fully saturated rings. The summed E-state index contributed by atoms with van der Waals surface area (Å²) in [5, 5.41) is 0. The smallest absolute Gasteiger partial charge is 0.162 e. The second-order valence-corrected chi connectivity index (χ2v) is 5.78. The summed E-state index contributed by atoms with van der Waals surface area (Å²) in [6.07, 6.45) is 2.97. The van der Waals surface area contributed by atoms with E-state index in [1.165, 1.54) is 0 Å². The molecular formula is C20H19NO2. The number of pyridine rings is 1. The van der Waals surface area contributed by atoms with E-state index >= 15 is 0 Å². The van der Waals surface area contributed by atoms with Crippen LogP contribution in [0.5, 0.6) is 0 Å². The standard InChI is InChI=1S/C20H19NO2/c1-14(22)11-12-18-19(15(2)23)20(16-8-4-3-5-9-16)17-10-6-7-13-21(17)18/h3-10,13H,11-12H2,1-2H3. The third-order valence-corrected chi connectivity index (χ3v) is 4.07. The van der Waals surface area contributed by atoms with Gasteiger partial charge in [0.25, 0.3) is 0 Å². The Bertz CT molecular complexity index is 875. The first kappa shape index (κ1) is 15.2. The van der Waals surface area contributed by atoms with Crippen molar-refractivity contribution in [1.82, 2.24) is 4.40 Å². The minimum absolute atomic E-state index is 0.0334. The monoisotopic (exact) mass is 305 g/mol. The molecule has 0 saturated carbocycles. The van der Waals surface area contributed by atoms with Crippen LogP contribution in [0.3, 0.4) is 0 Å². The Hall–Kier alpha value is -2.68. The molecule has 2 aromatic heterocycles. The van der Waals surface area contributed by atoms with Crippen molar-refractivity contribution in [2.75, 3.05) is 0 Å². The van der Waals surface area contributed by atoms with E-state index in [9.17, 15) is 9.59 Å². The van der Waals surface area contributed by atoms with Crippen molar-refractivity contribution in [1.29, 1.82) is 0 Å². The van der Waals surface area contributed by atoms with Gasteiger partial charge >= 0.3 is 0 Å². The van der Waals surface area contributed by atoms with Crippen LogP contribution in [0.15, 0.2) is 54.7 Å². The molecule has 116 valence electrons. The maximum Gasteiger partial charge on any atom is 0.162 e. The lowest BCUT2D eigenvalue weighted by Gasteiger charge is -2.04. The molecule has 0 N–H and O–H groups in total. The quantitative estimate of drug-likeness (QED) is 0.658. The number of hydrogen-bond acceptors (Lipinski definition) is 2. The van der Waals surface area contributed by atoms with Crippen LogP contribution in [0.25, 0.3) is 16.6 Å². The minimum atomic E-state index is 0.0334. The van der Waals surface area contributed by atoms with Crippen molar-refractivity contribution in [3.8, 4) is 11.1 Å². The van der Waals surface area contributed by atoms with Crippen LogP contribution in [0, 0.1) is 0 Å². The molecule has 0 aliphatic heterocycles. The van der Waals surface area contributed by atoms with Gasteiger partial charge in [0.15, 0.2) is 5.78 Å². The summed E-state index contributed by atoms with van der Waals surface area (Å²) in [7, 11) is 0. The number of ketones is 2. The number of fused-ring (bicyclic) bond motifs is 1. The van der Waals surface area contributed by atoms with Crippen LogP contribution in [0.2, 0.25) is 0 Å². The number of hydrogen-bond donors (Lipinski definition) is 0. The van der Waals surface area contributed by atoms with Crippen LogP contribution >= 0.6 is 0 Å². The van der Waals surface area contributed by atoms with E-state index in [0.29, 0.717) is 12.8 Å². The molecule has 0 spiro atoms. The fraction of sp³-hybridized carbons (Fsp3) is 0.200. The Balaban J connectivity index is 2.32. The molecule has 3 rings (SSSR count). The van der Waals surface area contributed by atoms with Crippen LogP contribution in [-0.2, 0) is 11.2 Å². The highest BCUT2D eigenvalue weighted by atomic mass is 16.1. The summed E-state index contributed by atoms with van der Waals surface area (Å²) >= 11 is 0. The van der Waals surface area contributed by atoms with Crippen molar-refractivity contribution in [2.24, 2.45) is 0 Å².